The van der Waals surface area contributed by atoms with Crippen molar-refractivity contribution < 1.29 is 34.2 Å². The number of rotatable bonds is 14. The summed E-state index contributed by atoms with van der Waals surface area (Å²) >= 11 is 0. The molecule has 0 aromatic carbocycles. The lowest BCUT2D eigenvalue weighted by atomic mass is 9.97. The first-order chi connectivity index (χ1) is 13.9. The van der Waals surface area contributed by atoms with Crippen molar-refractivity contribution in [2.75, 3.05) is 6.54 Å². The molecule has 0 aliphatic heterocycles. The molecule has 0 aromatic rings. The van der Waals surface area contributed by atoms with E-state index in [0.29, 0.717) is 12.8 Å². The van der Waals surface area contributed by atoms with Crippen molar-refractivity contribution >= 4 is 29.7 Å². The van der Waals surface area contributed by atoms with Gasteiger partial charge in [-0.15, -0.1) is 0 Å². The number of amides is 3. The summed E-state index contributed by atoms with van der Waals surface area (Å²) in [5, 5.41) is 25.2. The summed E-state index contributed by atoms with van der Waals surface area (Å²) < 4.78 is 0. The van der Waals surface area contributed by atoms with Gasteiger partial charge in [-0.1, -0.05) is 40.5 Å². The Bertz CT molecular complexity index is 626. The van der Waals surface area contributed by atoms with Crippen molar-refractivity contribution in [1.29, 1.82) is 0 Å². The molecule has 11 heteroatoms. The van der Waals surface area contributed by atoms with E-state index in [0.717, 1.165) is 0 Å². The lowest BCUT2D eigenvalue weighted by Gasteiger charge is -2.25. The molecule has 0 rings (SSSR count). The van der Waals surface area contributed by atoms with Gasteiger partial charge in [0.25, 0.3) is 0 Å². The van der Waals surface area contributed by atoms with E-state index < -0.39 is 54.3 Å². The minimum Gasteiger partial charge on any atom is -0.481 e. The van der Waals surface area contributed by atoms with Gasteiger partial charge in [0, 0.05) is 6.42 Å². The minimum atomic E-state index is -1.16. The lowest BCUT2D eigenvalue weighted by molar-refractivity contribution is -0.143. The number of aliphatic carboxylic acids is 2. The maximum atomic E-state index is 12.5. The van der Waals surface area contributed by atoms with E-state index in [9.17, 15) is 29.1 Å². The molecule has 30 heavy (non-hydrogen) atoms. The highest BCUT2D eigenvalue weighted by Crippen LogP contribution is 2.10. The van der Waals surface area contributed by atoms with Gasteiger partial charge in [0.2, 0.25) is 17.7 Å². The van der Waals surface area contributed by atoms with Gasteiger partial charge in [0.1, 0.15) is 12.1 Å². The topological polar surface area (TPSA) is 188 Å². The van der Waals surface area contributed by atoms with Crippen LogP contribution in [0.5, 0.6) is 0 Å². The van der Waals surface area contributed by atoms with Crippen LogP contribution >= 0.6 is 0 Å². The summed E-state index contributed by atoms with van der Waals surface area (Å²) in [4.78, 5) is 58.7. The Balaban J connectivity index is 4.92. The number of carbonyl (C=O) groups excluding carboxylic acids is 3. The maximum Gasteiger partial charge on any atom is 0.326 e. The average molecular weight is 431 g/mol. The molecule has 0 aliphatic rings. The smallest absolute Gasteiger partial charge is 0.326 e. The van der Waals surface area contributed by atoms with E-state index in [2.05, 4.69) is 16.0 Å². The van der Waals surface area contributed by atoms with Gasteiger partial charge in [-0.3, -0.25) is 19.2 Å². The van der Waals surface area contributed by atoms with Gasteiger partial charge in [-0.2, -0.15) is 0 Å². The first-order valence-corrected chi connectivity index (χ1v) is 10.0. The van der Waals surface area contributed by atoms with Gasteiger partial charge >= 0.3 is 11.9 Å². The van der Waals surface area contributed by atoms with Gasteiger partial charge < -0.3 is 31.9 Å². The maximum absolute atomic E-state index is 12.5. The van der Waals surface area contributed by atoms with Crippen molar-refractivity contribution in [1.82, 2.24) is 16.0 Å². The predicted octanol–water partition coefficient (Wildman–Crippen LogP) is -0.559. The largest absolute Gasteiger partial charge is 0.481 e. The van der Waals surface area contributed by atoms with Crippen LogP contribution in [-0.2, 0) is 24.0 Å². The molecule has 0 saturated carbocycles. The van der Waals surface area contributed by atoms with Crippen LogP contribution in [0.3, 0.4) is 0 Å². The highest BCUT2D eigenvalue weighted by Gasteiger charge is 2.29. The Hall–Kier alpha value is -2.69. The second-order valence-corrected chi connectivity index (χ2v) is 7.40. The third-order valence-electron chi connectivity index (χ3n) is 5.02. The monoisotopic (exact) mass is 430 g/mol. The van der Waals surface area contributed by atoms with Crippen molar-refractivity contribution in [3.8, 4) is 0 Å². The normalized spacial score (nSPS) is 15.8. The fraction of sp³-hybridized carbons (Fsp3) is 0.737. The third kappa shape index (κ3) is 9.68. The molecule has 0 spiro atoms. The first kappa shape index (κ1) is 27.3. The summed E-state index contributed by atoms with van der Waals surface area (Å²) in [6.07, 6.45) is 0.735. The standard InChI is InChI=1S/C19H34N4O7/c1-5-10(3)15(23-17(27)12(20)7-8-14(25)26)18(28)21-9-13(24)22-16(19(29)30)11(4)6-2/h10-12,15-16H,5-9,20H2,1-4H3,(H,21,28)(H,22,24)(H,23,27)(H,25,26)(H,29,30). The lowest BCUT2D eigenvalue weighted by Crippen LogP contribution is -2.56. The minimum absolute atomic E-state index is 0.0788. The summed E-state index contributed by atoms with van der Waals surface area (Å²) in [7, 11) is 0. The summed E-state index contributed by atoms with van der Waals surface area (Å²) in [5.74, 6) is -4.76. The Kier molecular flexibility index (Phi) is 12.3. The van der Waals surface area contributed by atoms with Crippen LogP contribution in [0.4, 0.5) is 0 Å². The molecule has 0 heterocycles. The van der Waals surface area contributed by atoms with Crippen LogP contribution in [0.25, 0.3) is 0 Å². The molecule has 0 fully saturated rings. The zero-order valence-electron chi connectivity index (χ0n) is 17.9. The van der Waals surface area contributed by atoms with Crippen LogP contribution in [0, 0.1) is 11.8 Å². The van der Waals surface area contributed by atoms with Crippen molar-refractivity contribution in [3.63, 3.8) is 0 Å². The van der Waals surface area contributed by atoms with E-state index in [4.69, 9.17) is 10.8 Å². The van der Waals surface area contributed by atoms with Crippen molar-refractivity contribution in [2.45, 2.75) is 71.5 Å². The van der Waals surface area contributed by atoms with E-state index in [-0.39, 0.29) is 24.7 Å². The van der Waals surface area contributed by atoms with Gasteiger partial charge in [-0.25, -0.2) is 4.79 Å². The average Bonchev–Trinajstić information content (AvgIpc) is 2.70. The molecule has 3 amide bonds. The molecule has 0 bridgehead atoms. The van der Waals surface area contributed by atoms with E-state index in [1.807, 2.05) is 6.92 Å². The molecule has 0 saturated heterocycles. The van der Waals surface area contributed by atoms with E-state index in [1.54, 1.807) is 20.8 Å². The SMILES string of the molecule is CCC(C)C(NC(=O)CNC(=O)C(NC(=O)C(N)CCC(=O)O)C(C)CC)C(=O)O. The molecular formula is C19H34N4O7. The Labute approximate surface area is 176 Å². The number of carbonyl (C=O) groups is 5. The molecule has 0 aliphatic carbocycles. The zero-order valence-corrected chi connectivity index (χ0v) is 17.9. The van der Waals surface area contributed by atoms with E-state index >= 15 is 0 Å². The number of carboxylic acids is 2. The first-order valence-electron chi connectivity index (χ1n) is 10.0. The van der Waals surface area contributed by atoms with Gasteiger partial charge in [-0.05, 0) is 18.3 Å². The van der Waals surface area contributed by atoms with Crippen LogP contribution in [0.15, 0.2) is 0 Å². The zero-order chi connectivity index (χ0) is 23.4. The molecule has 172 valence electrons. The van der Waals surface area contributed by atoms with E-state index in [1.165, 1.54) is 0 Å². The number of hydrogen-bond acceptors (Lipinski definition) is 6. The van der Waals surface area contributed by atoms with Gasteiger partial charge in [0.15, 0.2) is 0 Å². The molecule has 5 unspecified atom stereocenters. The Morgan fingerprint density at radius 2 is 1.40 bits per heavy atom. The molecule has 11 nitrogen and oxygen atoms in total. The molecule has 7 N–H and O–H groups in total. The number of nitrogens with one attached hydrogen (secondary N) is 3. The highest BCUT2D eigenvalue weighted by molar-refractivity contribution is 5.92. The van der Waals surface area contributed by atoms with Crippen LogP contribution in [0.1, 0.15) is 53.4 Å². The Morgan fingerprint density at radius 1 is 0.867 bits per heavy atom. The third-order valence-corrected chi connectivity index (χ3v) is 5.02. The van der Waals surface area contributed by atoms with Crippen molar-refractivity contribution in [3.05, 3.63) is 0 Å². The second-order valence-electron chi connectivity index (χ2n) is 7.40. The van der Waals surface area contributed by atoms with Crippen LogP contribution < -0.4 is 21.7 Å². The number of carboxylic acid groups (broad SMARTS) is 2. The molecule has 0 aromatic heterocycles. The predicted molar refractivity (Wildman–Crippen MR) is 108 cm³/mol. The summed E-state index contributed by atoms with van der Waals surface area (Å²) in [5.41, 5.74) is 5.68. The Morgan fingerprint density at radius 3 is 1.87 bits per heavy atom. The highest BCUT2D eigenvalue weighted by atomic mass is 16.4. The van der Waals surface area contributed by atoms with Gasteiger partial charge in [0.05, 0.1) is 12.6 Å². The fourth-order valence-electron chi connectivity index (χ4n) is 2.56. The molecule has 5 atom stereocenters. The number of hydrogen-bond donors (Lipinski definition) is 6. The van der Waals surface area contributed by atoms with Crippen LogP contribution in [0.2, 0.25) is 0 Å². The van der Waals surface area contributed by atoms with Crippen LogP contribution in [-0.4, -0.2) is 64.5 Å². The summed E-state index contributed by atoms with van der Waals surface area (Å²) in [6, 6.07) is -3.14. The quantitative estimate of drug-likeness (QED) is 0.211. The fourth-order valence-corrected chi connectivity index (χ4v) is 2.56. The molecular weight excluding hydrogens is 396 g/mol. The number of nitrogens with two attached hydrogens (primary N) is 1. The summed E-state index contributed by atoms with van der Waals surface area (Å²) in [6.45, 7) is 6.59. The van der Waals surface area contributed by atoms with Crippen molar-refractivity contribution in [2.24, 2.45) is 17.6 Å². The second kappa shape index (κ2) is 13.5. The molecule has 0 radical (unpaired) electrons.